The summed E-state index contributed by atoms with van der Waals surface area (Å²) in [7, 11) is 0. The van der Waals surface area contributed by atoms with Crippen LogP contribution in [0.3, 0.4) is 0 Å². The van der Waals surface area contributed by atoms with E-state index >= 15 is 0 Å². The number of hydrogen-bond donors (Lipinski definition) is 1. The van der Waals surface area contributed by atoms with Crippen molar-refractivity contribution in [1.82, 2.24) is 10.3 Å². The summed E-state index contributed by atoms with van der Waals surface area (Å²) in [6.07, 6.45) is 3.77. The van der Waals surface area contributed by atoms with Crippen molar-refractivity contribution in [2.45, 2.75) is 25.8 Å². The third kappa shape index (κ3) is 3.98. The van der Waals surface area contributed by atoms with Gasteiger partial charge in [-0.25, -0.2) is 0 Å². The third-order valence-corrected chi connectivity index (χ3v) is 5.63. The van der Waals surface area contributed by atoms with Gasteiger partial charge in [-0.05, 0) is 55.7 Å². The maximum atomic E-state index is 12.5. The van der Waals surface area contributed by atoms with Crippen LogP contribution in [0.2, 0.25) is 0 Å². The molecule has 1 saturated heterocycles. The third-order valence-electron chi connectivity index (χ3n) is 5.13. The van der Waals surface area contributed by atoms with Crippen molar-refractivity contribution in [3.63, 3.8) is 0 Å². The van der Waals surface area contributed by atoms with Gasteiger partial charge in [-0.3, -0.25) is 9.78 Å². The number of pyridine rings is 1. The van der Waals surface area contributed by atoms with Gasteiger partial charge in [0.15, 0.2) is 0 Å². The second-order valence-electron chi connectivity index (χ2n) is 7.10. The number of anilines is 1. The molecule has 4 rings (SSSR count). The molecule has 1 amide bonds. The molecule has 0 spiro atoms. The fourth-order valence-electron chi connectivity index (χ4n) is 3.68. The molecule has 1 N–H and O–H groups in total. The van der Waals surface area contributed by atoms with Gasteiger partial charge in [0, 0.05) is 46.4 Å². The van der Waals surface area contributed by atoms with Crippen LogP contribution < -0.4 is 10.2 Å². The number of carbonyl (C=O) groups excluding carboxylic acids is 1. The van der Waals surface area contributed by atoms with E-state index in [1.807, 2.05) is 30.5 Å². The van der Waals surface area contributed by atoms with Crippen LogP contribution in [0, 0.1) is 6.92 Å². The molecular weight excluding hydrogens is 402 g/mol. The van der Waals surface area contributed by atoms with E-state index in [0.717, 1.165) is 35.9 Å². The molecule has 0 saturated carbocycles. The Morgan fingerprint density at radius 3 is 2.74 bits per heavy atom. The number of carbonyl (C=O) groups is 1. The van der Waals surface area contributed by atoms with Crippen LogP contribution in [0.5, 0.6) is 0 Å². The van der Waals surface area contributed by atoms with E-state index in [0.29, 0.717) is 5.56 Å². The lowest BCUT2D eigenvalue weighted by molar-refractivity contribution is 0.0931. The Bertz CT molecular complexity index is 980. The average Bonchev–Trinajstić information content (AvgIpc) is 2.68. The molecule has 0 atom stereocenters. The van der Waals surface area contributed by atoms with Crippen LogP contribution in [0.4, 0.5) is 5.69 Å². The predicted octanol–water partition coefficient (Wildman–Crippen LogP) is 4.70. The van der Waals surface area contributed by atoms with Crippen molar-refractivity contribution in [2.75, 3.05) is 18.0 Å². The van der Waals surface area contributed by atoms with Crippen molar-refractivity contribution in [2.24, 2.45) is 0 Å². The number of aryl methyl sites for hydroxylation is 1. The van der Waals surface area contributed by atoms with Gasteiger partial charge >= 0.3 is 0 Å². The van der Waals surface area contributed by atoms with E-state index in [1.54, 1.807) is 0 Å². The van der Waals surface area contributed by atoms with Crippen LogP contribution in [0.15, 0.2) is 59.2 Å². The summed E-state index contributed by atoms with van der Waals surface area (Å²) in [6.45, 7) is 3.94. The maximum absolute atomic E-state index is 12.5. The number of rotatable bonds is 3. The zero-order chi connectivity index (χ0) is 18.8. The number of hydrogen-bond acceptors (Lipinski definition) is 3. The standard InChI is InChI=1S/C22H22BrN3O/c1-15-5-6-19-20(13-15)24-10-7-21(19)26-11-8-18(9-12-26)25-22(27)16-3-2-4-17(23)14-16/h2-7,10,13-14,18H,8-9,11-12H2,1H3,(H,25,27). The zero-order valence-electron chi connectivity index (χ0n) is 15.3. The van der Waals surface area contributed by atoms with Crippen LogP contribution in [0.1, 0.15) is 28.8 Å². The number of halogens is 1. The van der Waals surface area contributed by atoms with Crippen LogP contribution in [-0.2, 0) is 0 Å². The molecule has 3 aromatic rings. The molecule has 0 aliphatic carbocycles. The lowest BCUT2D eigenvalue weighted by Crippen LogP contribution is -2.44. The quantitative estimate of drug-likeness (QED) is 0.663. The maximum Gasteiger partial charge on any atom is 0.251 e. The number of nitrogens with zero attached hydrogens (tertiary/aromatic N) is 2. The minimum absolute atomic E-state index is 0.000383. The summed E-state index contributed by atoms with van der Waals surface area (Å²) < 4.78 is 0.921. The van der Waals surface area contributed by atoms with Crippen LogP contribution >= 0.6 is 15.9 Å². The van der Waals surface area contributed by atoms with E-state index < -0.39 is 0 Å². The van der Waals surface area contributed by atoms with Crippen molar-refractivity contribution in [1.29, 1.82) is 0 Å². The monoisotopic (exact) mass is 423 g/mol. The van der Waals surface area contributed by atoms with Gasteiger partial charge in [0.2, 0.25) is 0 Å². The summed E-state index contributed by atoms with van der Waals surface area (Å²) in [5.74, 6) is -0.000383. The Labute approximate surface area is 167 Å². The summed E-state index contributed by atoms with van der Waals surface area (Å²) in [5, 5.41) is 4.37. The first-order chi connectivity index (χ1) is 13.1. The minimum atomic E-state index is -0.000383. The predicted molar refractivity (Wildman–Crippen MR) is 113 cm³/mol. The highest BCUT2D eigenvalue weighted by molar-refractivity contribution is 9.10. The molecule has 0 radical (unpaired) electrons. The Hall–Kier alpha value is -2.40. The largest absolute Gasteiger partial charge is 0.371 e. The molecule has 1 aliphatic heterocycles. The fourth-order valence-corrected chi connectivity index (χ4v) is 4.08. The van der Waals surface area contributed by atoms with Crippen molar-refractivity contribution in [3.8, 4) is 0 Å². The molecule has 1 fully saturated rings. The molecule has 0 bridgehead atoms. The Kier molecular flexibility index (Phi) is 5.12. The van der Waals surface area contributed by atoms with Gasteiger partial charge in [0.25, 0.3) is 5.91 Å². The van der Waals surface area contributed by atoms with Gasteiger partial charge in [0.05, 0.1) is 5.52 Å². The minimum Gasteiger partial charge on any atom is -0.371 e. The highest BCUT2D eigenvalue weighted by Crippen LogP contribution is 2.28. The molecule has 27 heavy (non-hydrogen) atoms. The number of piperidine rings is 1. The first-order valence-corrected chi connectivity index (χ1v) is 10.1. The van der Waals surface area contributed by atoms with Gasteiger partial charge in [-0.1, -0.05) is 34.1 Å². The molecule has 0 unspecified atom stereocenters. The van der Waals surface area contributed by atoms with E-state index in [4.69, 9.17) is 0 Å². The summed E-state index contributed by atoms with van der Waals surface area (Å²) in [6, 6.07) is 16.3. The second-order valence-corrected chi connectivity index (χ2v) is 8.01. The molecular formula is C22H22BrN3O. The van der Waals surface area contributed by atoms with Gasteiger partial charge in [-0.15, -0.1) is 0 Å². The van der Waals surface area contributed by atoms with Crippen molar-refractivity contribution >= 4 is 38.4 Å². The molecule has 2 aromatic carbocycles. The molecule has 1 aromatic heterocycles. The topological polar surface area (TPSA) is 45.2 Å². The highest BCUT2D eigenvalue weighted by Gasteiger charge is 2.22. The first kappa shape index (κ1) is 18.0. The molecule has 1 aliphatic rings. The summed E-state index contributed by atoms with van der Waals surface area (Å²) in [5.41, 5.74) is 4.19. The van der Waals surface area contributed by atoms with Crippen molar-refractivity contribution in [3.05, 3.63) is 70.3 Å². The van der Waals surface area contributed by atoms with E-state index in [9.17, 15) is 4.79 Å². The number of fused-ring (bicyclic) bond motifs is 1. The average molecular weight is 424 g/mol. The molecule has 5 heteroatoms. The number of amides is 1. The summed E-state index contributed by atoms with van der Waals surface area (Å²) >= 11 is 3.42. The normalized spacial score (nSPS) is 15.1. The zero-order valence-corrected chi connectivity index (χ0v) is 16.9. The van der Waals surface area contributed by atoms with E-state index in [1.165, 1.54) is 16.6 Å². The van der Waals surface area contributed by atoms with Gasteiger partial charge in [0.1, 0.15) is 0 Å². The van der Waals surface area contributed by atoms with Gasteiger partial charge in [-0.2, -0.15) is 0 Å². The lowest BCUT2D eigenvalue weighted by Gasteiger charge is -2.34. The fraction of sp³-hybridized carbons (Fsp3) is 0.273. The van der Waals surface area contributed by atoms with Crippen molar-refractivity contribution < 1.29 is 4.79 Å². The highest BCUT2D eigenvalue weighted by atomic mass is 79.9. The molecule has 4 nitrogen and oxygen atoms in total. The summed E-state index contributed by atoms with van der Waals surface area (Å²) in [4.78, 5) is 19.4. The van der Waals surface area contributed by atoms with Gasteiger partial charge < -0.3 is 10.2 Å². The first-order valence-electron chi connectivity index (χ1n) is 9.27. The Balaban J connectivity index is 1.43. The van der Waals surface area contributed by atoms with E-state index in [2.05, 4.69) is 62.3 Å². The molecule has 2 heterocycles. The number of benzene rings is 2. The SMILES string of the molecule is Cc1ccc2c(N3CCC(NC(=O)c4cccc(Br)c4)CC3)ccnc2c1. The smallest absolute Gasteiger partial charge is 0.251 e. The molecule has 138 valence electrons. The van der Waals surface area contributed by atoms with Crippen LogP contribution in [-0.4, -0.2) is 30.0 Å². The second kappa shape index (κ2) is 7.69. The Morgan fingerprint density at radius 2 is 1.96 bits per heavy atom. The lowest BCUT2D eigenvalue weighted by atomic mass is 10.0. The van der Waals surface area contributed by atoms with Crippen LogP contribution in [0.25, 0.3) is 10.9 Å². The number of nitrogens with one attached hydrogen (secondary N) is 1. The number of aromatic nitrogens is 1. The van der Waals surface area contributed by atoms with E-state index in [-0.39, 0.29) is 11.9 Å². The Morgan fingerprint density at radius 1 is 1.15 bits per heavy atom.